The number of nitrogens with two attached hydrogens (primary N) is 1. The molecule has 1 rings (SSSR count). The molecule has 2 atom stereocenters. The van der Waals surface area contributed by atoms with Gasteiger partial charge in [0, 0.05) is 6.04 Å². The van der Waals surface area contributed by atoms with Crippen molar-refractivity contribution >= 4 is 5.97 Å². The summed E-state index contributed by atoms with van der Waals surface area (Å²) in [4.78, 5) is 11.3. The van der Waals surface area contributed by atoms with Gasteiger partial charge < -0.3 is 15.6 Å². The highest BCUT2D eigenvalue weighted by molar-refractivity contribution is 5.72. The van der Waals surface area contributed by atoms with Gasteiger partial charge in [0.25, 0.3) is 0 Å². The quantitative estimate of drug-likeness (QED) is 0.715. The minimum Gasteiger partial charge on any atom is -0.469 e. The number of aliphatic hydroxyl groups is 1. The second-order valence-corrected chi connectivity index (χ2v) is 4.09. The van der Waals surface area contributed by atoms with Gasteiger partial charge in [0.2, 0.25) is 0 Å². The van der Waals surface area contributed by atoms with Gasteiger partial charge in [0.15, 0.2) is 0 Å². The number of methoxy groups -OCH3 is 1. The van der Waals surface area contributed by atoms with Gasteiger partial charge in [-0.1, -0.05) is 30.3 Å². The normalized spacial score (nSPS) is 14.1. The molecule has 0 spiro atoms. The highest BCUT2D eigenvalue weighted by Gasteiger charge is 2.21. The maximum Gasteiger partial charge on any atom is 0.311 e. The van der Waals surface area contributed by atoms with Gasteiger partial charge in [0.1, 0.15) is 0 Å². The summed E-state index contributed by atoms with van der Waals surface area (Å²) in [5, 5.41) is 9.09. The zero-order valence-corrected chi connectivity index (χ0v) is 10.0. The van der Waals surface area contributed by atoms with Gasteiger partial charge in [-0.05, 0) is 18.4 Å². The first-order chi connectivity index (χ1) is 8.17. The third kappa shape index (κ3) is 4.54. The summed E-state index contributed by atoms with van der Waals surface area (Å²) in [6.07, 6.45) is 1.12. The molecule has 4 nitrogen and oxygen atoms in total. The molecule has 0 aromatic heterocycles. The number of esters is 1. The molecule has 4 heteroatoms. The first-order valence-electron chi connectivity index (χ1n) is 5.65. The Kier molecular flexibility index (Phi) is 5.66. The summed E-state index contributed by atoms with van der Waals surface area (Å²) < 4.78 is 4.60. The minimum absolute atomic E-state index is 0.159. The van der Waals surface area contributed by atoms with Crippen molar-refractivity contribution in [3.63, 3.8) is 0 Å². The molecule has 3 N–H and O–H groups in total. The van der Waals surface area contributed by atoms with E-state index in [4.69, 9.17) is 10.8 Å². The molecule has 1 aromatic rings. The van der Waals surface area contributed by atoms with Crippen LogP contribution in [0.2, 0.25) is 0 Å². The third-order valence-electron chi connectivity index (χ3n) is 2.68. The number of carbonyl (C=O) groups excluding carboxylic acids is 1. The van der Waals surface area contributed by atoms with E-state index in [9.17, 15) is 4.79 Å². The van der Waals surface area contributed by atoms with Crippen LogP contribution in [0.15, 0.2) is 30.3 Å². The summed E-state index contributed by atoms with van der Waals surface area (Å²) in [7, 11) is 1.31. The van der Waals surface area contributed by atoms with E-state index in [-0.39, 0.29) is 12.6 Å². The van der Waals surface area contributed by atoms with Crippen molar-refractivity contribution in [2.45, 2.75) is 18.9 Å². The fourth-order valence-corrected chi connectivity index (χ4v) is 1.78. The Labute approximate surface area is 101 Å². The lowest BCUT2D eigenvalue weighted by molar-refractivity contribution is -0.147. The van der Waals surface area contributed by atoms with Gasteiger partial charge >= 0.3 is 5.97 Å². The van der Waals surface area contributed by atoms with Crippen LogP contribution < -0.4 is 5.73 Å². The van der Waals surface area contributed by atoms with Crippen LogP contribution in [-0.4, -0.2) is 30.8 Å². The van der Waals surface area contributed by atoms with Crippen molar-refractivity contribution in [3.05, 3.63) is 35.9 Å². The standard InChI is InChI=1S/C13H19NO3/c1-17-13(16)11(9-15)8-12(14)7-10-5-3-2-4-6-10/h2-6,11-12,15H,7-9,14H2,1H3. The summed E-state index contributed by atoms with van der Waals surface area (Å²) in [6.45, 7) is -0.227. The van der Waals surface area contributed by atoms with E-state index in [1.165, 1.54) is 7.11 Å². The smallest absolute Gasteiger partial charge is 0.311 e. The molecule has 0 aliphatic rings. The van der Waals surface area contributed by atoms with Gasteiger partial charge in [-0.25, -0.2) is 0 Å². The number of aliphatic hydroxyl groups excluding tert-OH is 1. The van der Waals surface area contributed by atoms with Crippen molar-refractivity contribution < 1.29 is 14.6 Å². The molecule has 0 fully saturated rings. The van der Waals surface area contributed by atoms with Crippen molar-refractivity contribution in [2.24, 2.45) is 11.7 Å². The maximum absolute atomic E-state index is 11.3. The molecule has 0 bridgehead atoms. The molecule has 94 valence electrons. The number of benzene rings is 1. The molecule has 0 saturated carbocycles. The summed E-state index contributed by atoms with van der Waals surface area (Å²) in [5.41, 5.74) is 7.08. The Balaban J connectivity index is 2.48. The summed E-state index contributed by atoms with van der Waals surface area (Å²) >= 11 is 0. The molecule has 0 aliphatic carbocycles. The molecule has 0 radical (unpaired) electrons. The summed E-state index contributed by atoms with van der Waals surface area (Å²) in [5.74, 6) is -0.935. The lowest BCUT2D eigenvalue weighted by atomic mass is 9.96. The van der Waals surface area contributed by atoms with Crippen LogP contribution in [-0.2, 0) is 16.0 Å². The average molecular weight is 237 g/mol. The SMILES string of the molecule is COC(=O)C(CO)CC(N)Cc1ccccc1. The first kappa shape index (κ1) is 13.7. The second-order valence-electron chi connectivity index (χ2n) is 4.09. The molecule has 0 heterocycles. The molecule has 1 aromatic carbocycles. The number of ether oxygens (including phenoxy) is 1. The van der Waals surface area contributed by atoms with Gasteiger partial charge in [0.05, 0.1) is 19.6 Å². The van der Waals surface area contributed by atoms with Gasteiger partial charge in [-0.15, -0.1) is 0 Å². The van der Waals surface area contributed by atoms with E-state index < -0.39 is 11.9 Å². The molecule has 2 unspecified atom stereocenters. The van der Waals surface area contributed by atoms with Crippen LogP contribution in [0.25, 0.3) is 0 Å². The molecule has 0 amide bonds. The Bertz CT molecular complexity index is 340. The molecule has 0 saturated heterocycles. The largest absolute Gasteiger partial charge is 0.469 e. The Hall–Kier alpha value is -1.39. The Morgan fingerprint density at radius 1 is 1.41 bits per heavy atom. The number of rotatable bonds is 6. The molecule has 0 aliphatic heterocycles. The van der Waals surface area contributed by atoms with E-state index in [1.807, 2.05) is 30.3 Å². The monoisotopic (exact) mass is 237 g/mol. The fourth-order valence-electron chi connectivity index (χ4n) is 1.78. The van der Waals surface area contributed by atoms with E-state index >= 15 is 0 Å². The highest BCUT2D eigenvalue weighted by Crippen LogP contribution is 2.11. The van der Waals surface area contributed by atoms with Crippen molar-refractivity contribution in [3.8, 4) is 0 Å². The Morgan fingerprint density at radius 2 is 2.06 bits per heavy atom. The maximum atomic E-state index is 11.3. The fraction of sp³-hybridized carbons (Fsp3) is 0.462. The van der Waals surface area contributed by atoms with Crippen LogP contribution in [0, 0.1) is 5.92 Å². The van der Waals surface area contributed by atoms with Crippen LogP contribution in [0.4, 0.5) is 0 Å². The van der Waals surface area contributed by atoms with Crippen LogP contribution in [0.5, 0.6) is 0 Å². The topological polar surface area (TPSA) is 72.5 Å². The van der Waals surface area contributed by atoms with E-state index in [0.717, 1.165) is 5.56 Å². The number of carbonyl (C=O) groups is 1. The second kappa shape index (κ2) is 7.04. The average Bonchev–Trinajstić information content (AvgIpc) is 2.36. The lowest BCUT2D eigenvalue weighted by Crippen LogP contribution is -2.31. The summed E-state index contributed by atoms with van der Waals surface area (Å²) in [6, 6.07) is 9.67. The minimum atomic E-state index is -0.529. The van der Waals surface area contributed by atoms with E-state index in [1.54, 1.807) is 0 Å². The van der Waals surface area contributed by atoms with Crippen molar-refractivity contribution in [1.82, 2.24) is 0 Å². The lowest BCUT2D eigenvalue weighted by Gasteiger charge is -2.17. The van der Waals surface area contributed by atoms with Crippen LogP contribution in [0.3, 0.4) is 0 Å². The first-order valence-corrected chi connectivity index (χ1v) is 5.65. The van der Waals surface area contributed by atoms with Gasteiger partial charge in [-0.3, -0.25) is 4.79 Å². The zero-order chi connectivity index (χ0) is 12.7. The molecule has 17 heavy (non-hydrogen) atoms. The number of hydrogen-bond donors (Lipinski definition) is 2. The van der Waals surface area contributed by atoms with E-state index in [2.05, 4.69) is 4.74 Å². The van der Waals surface area contributed by atoms with E-state index in [0.29, 0.717) is 12.8 Å². The predicted molar refractivity (Wildman–Crippen MR) is 65.3 cm³/mol. The number of hydrogen-bond acceptors (Lipinski definition) is 4. The third-order valence-corrected chi connectivity index (χ3v) is 2.68. The van der Waals surface area contributed by atoms with Crippen molar-refractivity contribution in [2.75, 3.05) is 13.7 Å². The van der Waals surface area contributed by atoms with Crippen molar-refractivity contribution in [1.29, 1.82) is 0 Å². The molecular formula is C13H19NO3. The molecular weight excluding hydrogens is 218 g/mol. The van der Waals surface area contributed by atoms with Crippen LogP contribution in [0.1, 0.15) is 12.0 Å². The van der Waals surface area contributed by atoms with Gasteiger partial charge in [-0.2, -0.15) is 0 Å². The zero-order valence-electron chi connectivity index (χ0n) is 10.0. The Morgan fingerprint density at radius 3 is 2.59 bits per heavy atom. The van der Waals surface area contributed by atoms with Crippen LogP contribution >= 0.6 is 0 Å². The predicted octanol–water partition coefficient (Wildman–Crippen LogP) is 0.728. The highest BCUT2D eigenvalue weighted by atomic mass is 16.5.